The number of phenols is 1. The summed E-state index contributed by atoms with van der Waals surface area (Å²) in [5.41, 5.74) is 2.43. The number of likely N-dealkylation sites (tertiary alicyclic amines) is 1. The van der Waals surface area contributed by atoms with Crippen molar-refractivity contribution >= 4 is 12.4 Å². The van der Waals surface area contributed by atoms with Crippen molar-refractivity contribution in [2.75, 3.05) is 13.1 Å². The fourth-order valence-corrected chi connectivity index (χ4v) is 4.02. The molecule has 0 saturated carbocycles. The number of fused-ring (bicyclic) bond motifs is 3. The van der Waals surface area contributed by atoms with Gasteiger partial charge >= 0.3 is 0 Å². The number of rotatable bonds is 3. The molecule has 23 heavy (non-hydrogen) atoms. The van der Waals surface area contributed by atoms with Crippen molar-refractivity contribution in [2.45, 2.75) is 37.8 Å². The maximum atomic E-state index is 9.84. The van der Waals surface area contributed by atoms with Gasteiger partial charge in [0.2, 0.25) is 0 Å². The summed E-state index contributed by atoms with van der Waals surface area (Å²) in [6.07, 6.45) is 5.79. The smallest absolute Gasteiger partial charge is 0.124 e. The van der Waals surface area contributed by atoms with Gasteiger partial charge in [-0.2, -0.15) is 0 Å². The monoisotopic (exact) mass is 335 g/mol. The highest BCUT2D eigenvalue weighted by atomic mass is 35.5. The highest BCUT2D eigenvalue weighted by Gasteiger charge is 2.50. The minimum atomic E-state index is 0. The number of ether oxygens (including phenoxy) is 1. The van der Waals surface area contributed by atoms with Crippen LogP contribution in [0.25, 0.3) is 0 Å². The first kappa shape index (κ1) is 16.2. The van der Waals surface area contributed by atoms with Crippen LogP contribution in [0.3, 0.4) is 0 Å². The number of benzene rings is 1. The van der Waals surface area contributed by atoms with E-state index in [1.54, 1.807) is 12.3 Å². The maximum Gasteiger partial charge on any atom is 0.124 e. The van der Waals surface area contributed by atoms with Gasteiger partial charge in [0.15, 0.2) is 0 Å². The zero-order chi connectivity index (χ0) is 15.2. The molecule has 4 nitrogen and oxygen atoms in total. The molecule has 3 heterocycles. The van der Waals surface area contributed by atoms with Crippen LogP contribution in [0.15, 0.2) is 41.2 Å². The molecule has 2 atom stereocenters. The number of piperidine rings is 1. The molecule has 2 aliphatic heterocycles. The number of furan rings is 1. The van der Waals surface area contributed by atoms with E-state index in [-0.39, 0.29) is 23.9 Å². The SMILES string of the molecule is CC[C@@]12CCN(Cc3ccoc3)C[C@@H]1Oc1ccc(O)cc12.Cl. The molecule has 4 rings (SSSR count). The van der Waals surface area contributed by atoms with Crippen LogP contribution in [0.5, 0.6) is 11.5 Å². The Hall–Kier alpha value is -1.65. The predicted octanol–water partition coefficient (Wildman–Crippen LogP) is 3.72. The van der Waals surface area contributed by atoms with Crippen molar-refractivity contribution in [1.82, 2.24) is 4.90 Å². The van der Waals surface area contributed by atoms with Gasteiger partial charge in [-0.05, 0) is 43.7 Å². The van der Waals surface area contributed by atoms with Crippen LogP contribution in [-0.4, -0.2) is 29.2 Å². The zero-order valence-electron chi connectivity index (χ0n) is 13.2. The summed E-state index contributed by atoms with van der Waals surface area (Å²) in [7, 11) is 0. The molecule has 1 fully saturated rings. The summed E-state index contributed by atoms with van der Waals surface area (Å²) in [6, 6.07) is 7.53. The lowest BCUT2D eigenvalue weighted by Crippen LogP contribution is -2.52. The topological polar surface area (TPSA) is 45.8 Å². The van der Waals surface area contributed by atoms with E-state index in [0.29, 0.717) is 5.75 Å². The second kappa shape index (κ2) is 6.10. The Labute approximate surface area is 142 Å². The normalized spacial score (nSPS) is 26.0. The van der Waals surface area contributed by atoms with Crippen LogP contribution in [-0.2, 0) is 12.0 Å². The van der Waals surface area contributed by atoms with Crippen molar-refractivity contribution in [3.05, 3.63) is 47.9 Å². The first-order valence-corrected chi connectivity index (χ1v) is 7.95. The van der Waals surface area contributed by atoms with E-state index >= 15 is 0 Å². The molecule has 0 amide bonds. The summed E-state index contributed by atoms with van der Waals surface area (Å²) in [4.78, 5) is 2.43. The molecular weight excluding hydrogens is 314 g/mol. The number of halogens is 1. The molecule has 1 aromatic heterocycles. The third-order valence-corrected chi connectivity index (χ3v) is 5.30. The fourth-order valence-electron chi connectivity index (χ4n) is 4.02. The standard InChI is InChI=1S/C18H21NO3.ClH/c1-2-18-6-7-19(10-13-5-8-21-12-13)11-17(18)22-16-4-3-14(20)9-15(16)18;/h3-5,8-9,12,17,20H,2,6-7,10-11H2,1H3;1H/t17-,18-;/m0./s1. The third-order valence-electron chi connectivity index (χ3n) is 5.30. The van der Waals surface area contributed by atoms with Crippen LogP contribution >= 0.6 is 12.4 Å². The Bertz CT molecular complexity index is 673. The Kier molecular flexibility index (Phi) is 4.30. The molecular formula is C18H22ClNO3. The molecule has 1 saturated heterocycles. The summed E-state index contributed by atoms with van der Waals surface area (Å²) in [5, 5.41) is 9.84. The molecule has 0 bridgehead atoms. The Morgan fingerprint density at radius 1 is 1.35 bits per heavy atom. The second-order valence-electron chi connectivity index (χ2n) is 6.41. The van der Waals surface area contributed by atoms with Crippen LogP contribution < -0.4 is 4.74 Å². The fraction of sp³-hybridized carbons (Fsp3) is 0.444. The van der Waals surface area contributed by atoms with Crippen LogP contribution in [0.1, 0.15) is 30.9 Å². The summed E-state index contributed by atoms with van der Waals surface area (Å²) in [5.74, 6) is 1.27. The molecule has 0 spiro atoms. The van der Waals surface area contributed by atoms with E-state index in [4.69, 9.17) is 9.15 Å². The molecule has 124 valence electrons. The molecule has 0 radical (unpaired) electrons. The van der Waals surface area contributed by atoms with E-state index in [0.717, 1.165) is 38.2 Å². The molecule has 1 N–H and O–H groups in total. The average molecular weight is 336 g/mol. The minimum Gasteiger partial charge on any atom is -0.508 e. The molecule has 0 aliphatic carbocycles. The van der Waals surface area contributed by atoms with Gasteiger partial charge in [-0.15, -0.1) is 12.4 Å². The number of aromatic hydroxyl groups is 1. The van der Waals surface area contributed by atoms with Gasteiger partial charge in [-0.25, -0.2) is 0 Å². The van der Waals surface area contributed by atoms with E-state index in [2.05, 4.69) is 11.8 Å². The average Bonchev–Trinajstić information content (AvgIpc) is 3.13. The number of phenolic OH excluding ortho intramolecular Hbond substituents is 1. The summed E-state index contributed by atoms with van der Waals surface area (Å²) in [6.45, 7) is 5.07. The number of hydrogen-bond acceptors (Lipinski definition) is 4. The van der Waals surface area contributed by atoms with E-state index in [1.165, 1.54) is 11.1 Å². The quantitative estimate of drug-likeness (QED) is 0.928. The lowest BCUT2D eigenvalue weighted by atomic mass is 9.70. The van der Waals surface area contributed by atoms with Gasteiger partial charge in [0.25, 0.3) is 0 Å². The lowest BCUT2D eigenvalue weighted by Gasteiger charge is -2.42. The highest BCUT2D eigenvalue weighted by molar-refractivity contribution is 5.85. The summed E-state index contributed by atoms with van der Waals surface area (Å²) >= 11 is 0. The molecule has 2 aliphatic rings. The first-order chi connectivity index (χ1) is 10.7. The number of nitrogens with zero attached hydrogens (tertiary/aromatic N) is 1. The van der Waals surface area contributed by atoms with Gasteiger partial charge in [-0.3, -0.25) is 4.90 Å². The largest absolute Gasteiger partial charge is 0.508 e. The van der Waals surface area contributed by atoms with E-state index in [9.17, 15) is 5.11 Å². The first-order valence-electron chi connectivity index (χ1n) is 7.95. The van der Waals surface area contributed by atoms with Crippen molar-refractivity contribution in [3.63, 3.8) is 0 Å². The summed E-state index contributed by atoms with van der Waals surface area (Å²) < 4.78 is 11.4. The maximum absolute atomic E-state index is 9.84. The van der Waals surface area contributed by atoms with Gasteiger partial charge in [0.1, 0.15) is 17.6 Å². The molecule has 2 aromatic rings. The van der Waals surface area contributed by atoms with Gasteiger partial charge in [0, 0.05) is 29.6 Å². The lowest BCUT2D eigenvalue weighted by molar-refractivity contribution is 0.0367. The van der Waals surface area contributed by atoms with Gasteiger partial charge in [0.05, 0.1) is 12.5 Å². The Balaban J connectivity index is 0.00000156. The third kappa shape index (κ3) is 2.60. The van der Waals surface area contributed by atoms with Crippen LogP contribution in [0, 0.1) is 0 Å². The van der Waals surface area contributed by atoms with Crippen molar-refractivity contribution in [2.24, 2.45) is 0 Å². The van der Waals surface area contributed by atoms with Crippen molar-refractivity contribution in [3.8, 4) is 11.5 Å². The Morgan fingerprint density at radius 2 is 2.22 bits per heavy atom. The van der Waals surface area contributed by atoms with Gasteiger partial charge < -0.3 is 14.3 Å². The van der Waals surface area contributed by atoms with E-state index < -0.39 is 0 Å². The molecule has 0 unspecified atom stereocenters. The molecule has 5 heteroatoms. The second-order valence-corrected chi connectivity index (χ2v) is 6.41. The highest BCUT2D eigenvalue weighted by Crippen LogP contribution is 2.50. The van der Waals surface area contributed by atoms with Crippen molar-refractivity contribution < 1.29 is 14.3 Å². The van der Waals surface area contributed by atoms with Gasteiger partial charge in [-0.1, -0.05) is 6.92 Å². The van der Waals surface area contributed by atoms with Crippen molar-refractivity contribution in [1.29, 1.82) is 0 Å². The van der Waals surface area contributed by atoms with Crippen LogP contribution in [0.2, 0.25) is 0 Å². The molecule has 1 aromatic carbocycles. The van der Waals surface area contributed by atoms with Crippen LogP contribution in [0.4, 0.5) is 0 Å². The minimum absolute atomic E-state index is 0. The number of hydrogen-bond donors (Lipinski definition) is 1. The zero-order valence-corrected chi connectivity index (χ0v) is 14.0. The Morgan fingerprint density at radius 3 is 2.96 bits per heavy atom. The predicted molar refractivity (Wildman–Crippen MR) is 90.3 cm³/mol. The van der Waals surface area contributed by atoms with E-state index in [1.807, 2.05) is 24.5 Å².